The van der Waals surface area contributed by atoms with Crippen LogP contribution in [0.1, 0.15) is 22.3 Å². The highest BCUT2D eigenvalue weighted by Gasteiger charge is 2.16. The first-order valence-corrected chi connectivity index (χ1v) is 9.57. The molecule has 0 spiro atoms. The Kier molecular flexibility index (Phi) is 6.53. The highest BCUT2D eigenvalue weighted by Crippen LogP contribution is 2.19. The molecule has 1 amide bonds. The van der Waals surface area contributed by atoms with E-state index in [4.69, 9.17) is 11.6 Å². The van der Waals surface area contributed by atoms with Crippen molar-refractivity contribution < 1.29 is 4.79 Å². The zero-order valence-corrected chi connectivity index (χ0v) is 16.0. The number of carbonyl (C=O) groups excluding carboxylic acids is 1. The number of hydrogen-bond donors (Lipinski definition) is 1. The number of rotatable bonds is 6. The normalized spacial score (nSPS) is 15.1. The highest BCUT2D eigenvalue weighted by atomic mass is 35.5. The molecule has 2 aromatic rings. The molecule has 5 heteroatoms. The molecule has 4 nitrogen and oxygen atoms in total. The van der Waals surface area contributed by atoms with Crippen LogP contribution in [0.25, 0.3) is 0 Å². The lowest BCUT2D eigenvalue weighted by molar-refractivity contribution is 0.0951. The molecule has 0 unspecified atom stereocenters. The van der Waals surface area contributed by atoms with Gasteiger partial charge < -0.3 is 10.2 Å². The molecule has 1 saturated heterocycles. The number of amides is 1. The van der Waals surface area contributed by atoms with E-state index in [0.29, 0.717) is 6.54 Å². The predicted octanol–water partition coefficient (Wildman–Crippen LogP) is 3.59. The summed E-state index contributed by atoms with van der Waals surface area (Å²) in [5, 5.41) is 3.79. The van der Waals surface area contributed by atoms with Crippen LogP contribution in [-0.2, 0) is 0 Å². The fraction of sp³-hybridized carbons (Fsp3) is 0.381. The highest BCUT2D eigenvalue weighted by molar-refractivity contribution is 6.30. The molecule has 2 aromatic carbocycles. The standard InChI is InChI=1S/C21H26ClN3O/c1-17-3-5-18(6-4-17)21(26)23-11-2-12-24-13-15-25(16-14-24)20-9-7-19(22)8-10-20/h3-10H,2,11-16H2,1H3,(H,23,26). The Morgan fingerprint density at radius 1 is 1.00 bits per heavy atom. The third-order valence-corrected chi connectivity index (χ3v) is 5.07. The van der Waals surface area contributed by atoms with Crippen LogP contribution < -0.4 is 10.2 Å². The molecular weight excluding hydrogens is 346 g/mol. The van der Waals surface area contributed by atoms with E-state index in [1.54, 1.807) is 0 Å². The third-order valence-electron chi connectivity index (χ3n) is 4.81. The van der Waals surface area contributed by atoms with E-state index in [-0.39, 0.29) is 5.91 Å². The number of benzene rings is 2. The molecule has 1 N–H and O–H groups in total. The van der Waals surface area contributed by atoms with Gasteiger partial charge in [0, 0.05) is 49.0 Å². The van der Waals surface area contributed by atoms with Crippen molar-refractivity contribution >= 4 is 23.2 Å². The molecule has 138 valence electrons. The molecular formula is C21H26ClN3O. The first-order chi connectivity index (χ1) is 12.6. The quantitative estimate of drug-likeness (QED) is 0.788. The Bertz CT molecular complexity index is 707. The molecule has 0 saturated carbocycles. The SMILES string of the molecule is Cc1ccc(C(=O)NCCCN2CCN(c3ccc(Cl)cc3)CC2)cc1. The Morgan fingerprint density at radius 3 is 2.31 bits per heavy atom. The fourth-order valence-electron chi connectivity index (χ4n) is 3.19. The van der Waals surface area contributed by atoms with Crippen LogP contribution in [0, 0.1) is 6.92 Å². The van der Waals surface area contributed by atoms with Gasteiger partial charge in [-0.15, -0.1) is 0 Å². The van der Waals surface area contributed by atoms with Crippen molar-refractivity contribution in [3.63, 3.8) is 0 Å². The molecule has 0 aliphatic carbocycles. The van der Waals surface area contributed by atoms with Gasteiger partial charge in [-0.1, -0.05) is 29.3 Å². The zero-order chi connectivity index (χ0) is 18.4. The summed E-state index contributed by atoms with van der Waals surface area (Å²) in [4.78, 5) is 16.9. The van der Waals surface area contributed by atoms with E-state index in [9.17, 15) is 4.79 Å². The minimum Gasteiger partial charge on any atom is -0.369 e. The van der Waals surface area contributed by atoms with Gasteiger partial charge in [0.05, 0.1) is 0 Å². The van der Waals surface area contributed by atoms with E-state index in [0.717, 1.165) is 49.7 Å². The summed E-state index contributed by atoms with van der Waals surface area (Å²) in [7, 11) is 0. The maximum absolute atomic E-state index is 12.1. The van der Waals surface area contributed by atoms with E-state index in [1.165, 1.54) is 11.3 Å². The number of piperazine rings is 1. The lowest BCUT2D eigenvalue weighted by atomic mass is 10.1. The average Bonchev–Trinajstić information content (AvgIpc) is 2.67. The first-order valence-electron chi connectivity index (χ1n) is 9.19. The van der Waals surface area contributed by atoms with Crippen LogP contribution in [0.4, 0.5) is 5.69 Å². The molecule has 1 aliphatic heterocycles. The summed E-state index contributed by atoms with van der Waals surface area (Å²) >= 11 is 5.96. The minimum atomic E-state index is 0.0116. The number of anilines is 1. The largest absolute Gasteiger partial charge is 0.369 e. The molecule has 3 rings (SSSR count). The Morgan fingerprint density at radius 2 is 1.65 bits per heavy atom. The molecule has 0 bridgehead atoms. The summed E-state index contributed by atoms with van der Waals surface area (Å²) in [5.74, 6) is 0.0116. The molecule has 26 heavy (non-hydrogen) atoms. The number of hydrogen-bond acceptors (Lipinski definition) is 3. The fourth-order valence-corrected chi connectivity index (χ4v) is 3.32. The molecule has 1 fully saturated rings. The van der Waals surface area contributed by atoms with Crippen LogP contribution in [0.3, 0.4) is 0 Å². The van der Waals surface area contributed by atoms with Gasteiger partial charge in [0.15, 0.2) is 0 Å². The summed E-state index contributed by atoms with van der Waals surface area (Å²) < 4.78 is 0. The van der Waals surface area contributed by atoms with Gasteiger partial charge in [0.25, 0.3) is 5.91 Å². The van der Waals surface area contributed by atoms with Crippen LogP contribution in [-0.4, -0.2) is 50.1 Å². The Labute approximate surface area is 160 Å². The van der Waals surface area contributed by atoms with Gasteiger partial charge >= 0.3 is 0 Å². The van der Waals surface area contributed by atoms with Gasteiger partial charge in [-0.25, -0.2) is 0 Å². The number of nitrogens with zero attached hydrogens (tertiary/aromatic N) is 2. The van der Waals surface area contributed by atoms with Gasteiger partial charge in [-0.05, 0) is 56.3 Å². The molecule has 1 heterocycles. The van der Waals surface area contributed by atoms with Crippen LogP contribution in [0.2, 0.25) is 5.02 Å². The average molecular weight is 372 g/mol. The number of aryl methyl sites for hydroxylation is 1. The van der Waals surface area contributed by atoms with Crippen LogP contribution in [0.15, 0.2) is 48.5 Å². The Hall–Kier alpha value is -2.04. The maximum atomic E-state index is 12.1. The molecule has 1 aliphatic rings. The third kappa shape index (κ3) is 5.23. The topological polar surface area (TPSA) is 35.6 Å². The van der Waals surface area contributed by atoms with E-state index in [2.05, 4.69) is 27.2 Å². The zero-order valence-electron chi connectivity index (χ0n) is 15.2. The number of nitrogens with one attached hydrogen (secondary N) is 1. The first kappa shape index (κ1) is 18.7. The number of carbonyl (C=O) groups is 1. The van der Waals surface area contributed by atoms with Crippen molar-refractivity contribution in [3.05, 3.63) is 64.7 Å². The van der Waals surface area contributed by atoms with E-state index >= 15 is 0 Å². The van der Waals surface area contributed by atoms with Crippen LogP contribution >= 0.6 is 11.6 Å². The minimum absolute atomic E-state index is 0.0116. The monoisotopic (exact) mass is 371 g/mol. The van der Waals surface area contributed by atoms with Crippen molar-refractivity contribution in [3.8, 4) is 0 Å². The van der Waals surface area contributed by atoms with E-state index in [1.807, 2.05) is 43.3 Å². The summed E-state index contributed by atoms with van der Waals surface area (Å²) in [6.45, 7) is 7.90. The van der Waals surface area contributed by atoms with Crippen molar-refractivity contribution in [1.29, 1.82) is 0 Å². The predicted molar refractivity (Wildman–Crippen MR) is 108 cm³/mol. The van der Waals surface area contributed by atoms with Crippen molar-refractivity contribution in [2.45, 2.75) is 13.3 Å². The Balaban J connectivity index is 1.34. The lowest BCUT2D eigenvalue weighted by Crippen LogP contribution is -2.47. The van der Waals surface area contributed by atoms with Gasteiger partial charge in [0.2, 0.25) is 0 Å². The van der Waals surface area contributed by atoms with Crippen molar-refractivity contribution in [2.24, 2.45) is 0 Å². The second-order valence-electron chi connectivity index (χ2n) is 6.78. The van der Waals surface area contributed by atoms with E-state index < -0.39 is 0 Å². The second-order valence-corrected chi connectivity index (χ2v) is 7.22. The second kappa shape index (κ2) is 9.06. The van der Waals surface area contributed by atoms with Crippen LogP contribution in [0.5, 0.6) is 0 Å². The molecule has 0 atom stereocenters. The summed E-state index contributed by atoms with van der Waals surface area (Å²) in [5.41, 5.74) is 3.13. The number of halogens is 1. The van der Waals surface area contributed by atoms with Gasteiger partial charge in [-0.3, -0.25) is 9.69 Å². The van der Waals surface area contributed by atoms with Gasteiger partial charge in [-0.2, -0.15) is 0 Å². The molecule has 0 radical (unpaired) electrons. The smallest absolute Gasteiger partial charge is 0.251 e. The molecule has 0 aromatic heterocycles. The summed E-state index contributed by atoms with van der Waals surface area (Å²) in [6.07, 6.45) is 0.971. The maximum Gasteiger partial charge on any atom is 0.251 e. The summed E-state index contributed by atoms with van der Waals surface area (Å²) in [6, 6.07) is 15.7. The van der Waals surface area contributed by atoms with Crippen molar-refractivity contribution in [2.75, 3.05) is 44.2 Å². The lowest BCUT2D eigenvalue weighted by Gasteiger charge is -2.36. The van der Waals surface area contributed by atoms with Gasteiger partial charge in [0.1, 0.15) is 0 Å². The van der Waals surface area contributed by atoms with Crippen molar-refractivity contribution in [1.82, 2.24) is 10.2 Å².